The molecule has 0 atom stereocenters. The molecule has 0 unspecified atom stereocenters. The molecule has 0 spiro atoms. The van der Waals surface area contributed by atoms with Gasteiger partial charge in [0.15, 0.2) is 5.70 Å². The first-order valence-electron chi connectivity index (χ1n) is 7.84. The lowest BCUT2D eigenvalue weighted by Crippen LogP contribution is -2.05. The Hall–Kier alpha value is -2.34. The minimum Gasteiger partial charge on any atom is -0.457 e. The summed E-state index contributed by atoms with van der Waals surface area (Å²) in [6.45, 7) is 0. The number of carbonyl (C=O) groups is 1. The van der Waals surface area contributed by atoms with Crippen molar-refractivity contribution < 1.29 is 13.9 Å². The van der Waals surface area contributed by atoms with Gasteiger partial charge < -0.3 is 9.15 Å². The number of rotatable bonds is 3. The Labute approximate surface area is 173 Å². The number of ether oxygens (including phenoxy) is 1. The Morgan fingerprint density at radius 2 is 1.81 bits per heavy atom. The van der Waals surface area contributed by atoms with Crippen molar-refractivity contribution in [1.82, 2.24) is 0 Å². The SMILES string of the molecule is O=C1OC(c2ccc(Cl)cc2Cl)=NC1=Cc1ccc(-c2ccccc2Br)o1. The summed E-state index contributed by atoms with van der Waals surface area (Å²) in [5.74, 6) is 0.714. The number of benzene rings is 2. The molecule has 0 amide bonds. The highest BCUT2D eigenvalue weighted by Gasteiger charge is 2.26. The first kappa shape index (κ1) is 18.0. The number of nitrogens with zero attached hydrogens (tertiary/aromatic N) is 1. The standard InChI is InChI=1S/C20H10BrCl2NO3/c21-15-4-2-1-3-13(15)18-8-6-12(26-18)10-17-20(25)27-19(24-17)14-7-5-11(22)9-16(14)23/h1-10H. The van der Waals surface area contributed by atoms with E-state index in [0.29, 0.717) is 27.1 Å². The third-order valence-corrected chi connectivity index (χ3v) is 5.07. The van der Waals surface area contributed by atoms with Crippen LogP contribution in [0.25, 0.3) is 17.4 Å². The van der Waals surface area contributed by atoms with Crippen LogP contribution >= 0.6 is 39.1 Å². The summed E-state index contributed by atoms with van der Waals surface area (Å²) in [7, 11) is 0. The highest BCUT2D eigenvalue weighted by atomic mass is 79.9. The molecular formula is C20H10BrCl2NO3. The number of halogens is 3. The molecule has 0 saturated carbocycles. The summed E-state index contributed by atoms with van der Waals surface area (Å²) >= 11 is 15.5. The number of furan rings is 1. The van der Waals surface area contributed by atoms with Crippen molar-refractivity contribution in [3.8, 4) is 11.3 Å². The number of esters is 1. The summed E-state index contributed by atoms with van der Waals surface area (Å²) < 4.78 is 12.0. The molecule has 2 aromatic carbocycles. The lowest BCUT2D eigenvalue weighted by molar-refractivity contribution is -0.129. The molecule has 0 bridgehead atoms. The van der Waals surface area contributed by atoms with Crippen molar-refractivity contribution in [2.75, 3.05) is 0 Å². The van der Waals surface area contributed by atoms with E-state index in [1.165, 1.54) is 6.08 Å². The van der Waals surface area contributed by atoms with Crippen LogP contribution in [0.15, 0.2) is 74.2 Å². The predicted octanol–water partition coefficient (Wildman–Crippen LogP) is 6.36. The van der Waals surface area contributed by atoms with Crippen molar-refractivity contribution in [3.63, 3.8) is 0 Å². The third kappa shape index (κ3) is 3.72. The Balaban J connectivity index is 1.65. The number of cyclic esters (lactones) is 1. The molecular weight excluding hydrogens is 453 g/mol. The molecule has 4 rings (SSSR count). The molecule has 0 aliphatic carbocycles. The van der Waals surface area contributed by atoms with Crippen LogP contribution in [0.2, 0.25) is 10.0 Å². The summed E-state index contributed by atoms with van der Waals surface area (Å²) in [5.41, 5.74) is 1.53. The third-order valence-electron chi connectivity index (χ3n) is 3.83. The zero-order valence-corrected chi connectivity index (χ0v) is 16.7. The number of carbonyl (C=O) groups excluding carboxylic acids is 1. The van der Waals surface area contributed by atoms with Gasteiger partial charge in [-0.15, -0.1) is 0 Å². The van der Waals surface area contributed by atoms with Gasteiger partial charge in [0, 0.05) is 21.1 Å². The van der Waals surface area contributed by atoms with Gasteiger partial charge in [0.1, 0.15) is 11.5 Å². The topological polar surface area (TPSA) is 51.8 Å². The summed E-state index contributed by atoms with van der Waals surface area (Å²) in [4.78, 5) is 16.4. The maximum absolute atomic E-state index is 12.1. The molecule has 3 aromatic rings. The second-order valence-electron chi connectivity index (χ2n) is 5.64. The first-order valence-corrected chi connectivity index (χ1v) is 9.39. The van der Waals surface area contributed by atoms with Crippen LogP contribution in [0.1, 0.15) is 11.3 Å². The van der Waals surface area contributed by atoms with E-state index in [1.54, 1.807) is 24.3 Å². The smallest absolute Gasteiger partial charge is 0.363 e. The molecule has 0 saturated heterocycles. The number of aliphatic imine (C=N–C) groups is 1. The van der Waals surface area contributed by atoms with Crippen molar-refractivity contribution in [1.29, 1.82) is 0 Å². The van der Waals surface area contributed by atoms with E-state index < -0.39 is 5.97 Å². The first-order chi connectivity index (χ1) is 13.0. The van der Waals surface area contributed by atoms with E-state index in [1.807, 2.05) is 30.3 Å². The summed E-state index contributed by atoms with van der Waals surface area (Å²) in [6, 6.07) is 16.2. The van der Waals surface area contributed by atoms with Gasteiger partial charge >= 0.3 is 5.97 Å². The molecule has 0 fully saturated rings. The molecule has 1 aliphatic heterocycles. The Bertz CT molecular complexity index is 1120. The fraction of sp³-hybridized carbons (Fsp3) is 0. The van der Waals surface area contributed by atoms with Gasteiger partial charge in [-0.2, -0.15) is 0 Å². The normalized spacial score (nSPS) is 15.1. The van der Waals surface area contributed by atoms with E-state index in [-0.39, 0.29) is 11.6 Å². The van der Waals surface area contributed by atoms with E-state index >= 15 is 0 Å². The largest absolute Gasteiger partial charge is 0.457 e. The van der Waals surface area contributed by atoms with Gasteiger partial charge in [-0.3, -0.25) is 0 Å². The van der Waals surface area contributed by atoms with Crippen LogP contribution in [-0.4, -0.2) is 11.9 Å². The second kappa shape index (κ2) is 7.35. The zero-order chi connectivity index (χ0) is 19.0. The predicted molar refractivity (Wildman–Crippen MR) is 109 cm³/mol. The molecule has 134 valence electrons. The van der Waals surface area contributed by atoms with Gasteiger partial charge in [-0.05, 0) is 36.4 Å². The van der Waals surface area contributed by atoms with Crippen LogP contribution in [0.4, 0.5) is 0 Å². The van der Waals surface area contributed by atoms with E-state index in [4.69, 9.17) is 32.4 Å². The lowest BCUT2D eigenvalue weighted by atomic mass is 10.2. The van der Waals surface area contributed by atoms with Crippen LogP contribution in [0.3, 0.4) is 0 Å². The van der Waals surface area contributed by atoms with E-state index in [2.05, 4.69) is 20.9 Å². The average molecular weight is 463 g/mol. The monoisotopic (exact) mass is 461 g/mol. The number of hydrogen-bond donors (Lipinski definition) is 0. The second-order valence-corrected chi connectivity index (χ2v) is 7.34. The van der Waals surface area contributed by atoms with Gasteiger partial charge in [-0.25, -0.2) is 9.79 Å². The Morgan fingerprint density at radius 3 is 2.59 bits per heavy atom. The van der Waals surface area contributed by atoms with Gasteiger partial charge in [-0.1, -0.05) is 57.3 Å². The van der Waals surface area contributed by atoms with Crippen molar-refractivity contribution in [2.45, 2.75) is 0 Å². The van der Waals surface area contributed by atoms with Crippen LogP contribution in [0, 0.1) is 0 Å². The maximum atomic E-state index is 12.1. The van der Waals surface area contributed by atoms with Crippen molar-refractivity contribution >= 4 is 57.1 Å². The fourth-order valence-corrected chi connectivity index (χ4v) is 3.53. The fourth-order valence-electron chi connectivity index (χ4n) is 2.56. The highest BCUT2D eigenvalue weighted by molar-refractivity contribution is 9.10. The van der Waals surface area contributed by atoms with E-state index in [9.17, 15) is 4.79 Å². The molecule has 1 aromatic heterocycles. The minimum absolute atomic E-state index is 0.129. The quantitative estimate of drug-likeness (QED) is 0.336. The number of hydrogen-bond acceptors (Lipinski definition) is 4. The van der Waals surface area contributed by atoms with Gasteiger partial charge in [0.05, 0.1) is 10.6 Å². The highest BCUT2D eigenvalue weighted by Crippen LogP contribution is 2.31. The molecule has 4 nitrogen and oxygen atoms in total. The van der Waals surface area contributed by atoms with Crippen molar-refractivity contribution in [3.05, 3.63) is 86.1 Å². The van der Waals surface area contributed by atoms with Crippen molar-refractivity contribution in [2.24, 2.45) is 4.99 Å². The molecule has 1 aliphatic rings. The Morgan fingerprint density at radius 1 is 1.00 bits per heavy atom. The van der Waals surface area contributed by atoms with Gasteiger partial charge in [0.25, 0.3) is 0 Å². The lowest BCUT2D eigenvalue weighted by Gasteiger charge is -2.02. The molecule has 7 heteroatoms. The molecule has 27 heavy (non-hydrogen) atoms. The van der Waals surface area contributed by atoms with Crippen LogP contribution in [-0.2, 0) is 9.53 Å². The van der Waals surface area contributed by atoms with Crippen LogP contribution in [0.5, 0.6) is 0 Å². The molecule has 0 N–H and O–H groups in total. The van der Waals surface area contributed by atoms with Crippen LogP contribution < -0.4 is 0 Å². The Kier molecular flexibility index (Phi) is 4.91. The van der Waals surface area contributed by atoms with Gasteiger partial charge in [0.2, 0.25) is 5.90 Å². The zero-order valence-electron chi connectivity index (χ0n) is 13.6. The summed E-state index contributed by atoms with van der Waals surface area (Å²) in [5, 5.41) is 0.837. The molecule has 2 heterocycles. The minimum atomic E-state index is -0.574. The summed E-state index contributed by atoms with van der Waals surface area (Å²) in [6.07, 6.45) is 1.53. The molecule has 0 radical (unpaired) electrons. The van der Waals surface area contributed by atoms with E-state index in [0.717, 1.165) is 10.0 Å². The average Bonchev–Trinajstić information content (AvgIpc) is 3.23. The maximum Gasteiger partial charge on any atom is 0.363 e.